The van der Waals surface area contributed by atoms with E-state index in [9.17, 15) is 24.3 Å². The average Bonchev–Trinajstić information content (AvgIpc) is 3.39. The first kappa shape index (κ1) is 30.2. The number of carboxylic acids is 1. The van der Waals surface area contributed by atoms with Gasteiger partial charge in [-0.1, -0.05) is 43.7 Å². The number of hydrogen-bond acceptors (Lipinski definition) is 9. The lowest BCUT2D eigenvalue weighted by Crippen LogP contribution is -2.56. The summed E-state index contributed by atoms with van der Waals surface area (Å²) in [6.07, 6.45) is 0.888. The van der Waals surface area contributed by atoms with E-state index in [0.29, 0.717) is 30.1 Å². The number of ether oxygens (including phenoxy) is 1. The van der Waals surface area contributed by atoms with Crippen LogP contribution < -0.4 is 16.0 Å². The van der Waals surface area contributed by atoms with Crippen LogP contribution in [-0.4, -0.2) is 107 Å². The molecular weight excluding hydrogens is 554 g/mol. The molecular formula is C30H39N7O6. The molecule has 13 heteroatoms. The van der Waals surface area contributed by atoms with Gasteiger partial charge in [0.1, 0.15) is 17.6 Å². The van der Waals surface area contributed by atoms with Crippen LogP contribution in [0.15, 0.2) is 36.4 Å². The Kier molecular flexibility index (Phi) is 9.39. The van der Waals surface area contributed by atoms with E-state index in [1.165, 1.54) is 0 Å². The van der Waals surface area contributed by atoms with Crippen molar-refractivity contribution < 1.29 is 29.0 Å². The summed E-state index contributed by atoms with van der Waals surface area (Å²) < 4.78 is 5.27. The molecule has 4 atom stereocenters. The number of piperidine rings is 1. The number of unbranched alkanes of at least 4 members (excludes halogenated alkanes) is 1. The second kappa shape index (κ2) is 13.4. The van der Waals surface area contributed by atoms with Crippen LogP contribution in [0.3, 0.4) is 0 Å². The highest BCUT2D eigenvalue weighted by Crippen LogP contribution is 2.45. The minimum atomic E-state index is -1.08. The Morgan fingerprint density at radius 1 is 1.05 bits per heavy atom. The maximum Gasteiger partial charge on any atom is 0.409 e. The average molecular weight is 594 g/mol. The number of amides is 3. The fraction of sp³-hybridized carbons (Fsp3) is 0.533. The molecule has 2 unspecified atom stereocenters. The van der Waals surface area contributed by atoms with E-state index < -0.39 is 29.9 Å². The summed E-state index contributed by atoms with van der Waals surface area (Å²) in [6, 6.07) is 10.0. The third-order valence-corrected chi connectivity index (χ3v) is 8.38. The van der Waals surface area contributed by atoms with Gasteiger partial charge >= 0.3 is 12.1 Å². The van der Waals surface area contributed by atoms with Gasteiger partial charge in [-0.2, -0.15) is 0 Å². The van der Waals surface area contributed by atoms with Crippen LogP contribution in [0.5, 0.6) is 0 Å². The number of aromatic nitrogens is 2. The number of benzene rings is 1. The van der Waals surface area contributed by atoms with Crippen LogP contribution in [0.2, 0.25) is 0 Å². The molecule has 2 aliphatic heterocycles. The fourth-order valence-corrected chi connectivity index (χ4v) is 5.67. The molecule has 3 amide bonds. The third-order valence-electron chi connectivity index (χ3n) is 8.38. The monoisotopic (exact) mass is 593 g/mol. The molecule has 230 valence electrons. The van der Waals surface area contributed by atoms with Crippen LogP contribution in [0.25, 0.3) is 11.4 Å². The van der Waals surface area contributed by atoms with Crippen molar-refractivity contribution in [3.05, 3.63) is 42.1 Å². The van der Waals surface area contributed by atoms with Gasteiger partial charge in [0.25, 0.3) is 5.91 Å². The van der Waals surface area contributed by atoms with Crippen molar-refractivity contribution in [3.8, 4) is 11.4 Å². The van der Waals surface area contributed by atoms with Crippen molar-refractivity contribution in [1.29, 1.82) is 0 Å². The number of carbonyl (C=O) groups excluding carboxylic acids is 3. The van der Waals surface area contributed by atoms with Gasteiger partial charge in [0, 0.05) is 63.4 Å². The van der Waals surface area contributed by atoms with E-state index in [1.807, 2.05) is 37.3 Å². The number of carbonyl (C=O) groups is 4. The number of hydrogen-bond donors (Lipinski definition) is 3. The number of anilines is 1. The molecule has 3 heterocycles. The largest absolute Gasteiger partial charge is 0.481 e. The quantitative estimate of drug-likeness (QED) is 0.325. The first-order valence-electron chi connectivity index (χ1n) is 14.9. The summed E-state index contributed by atoms with van der Waals surface area (Å²) in [5.41, 5.74) is 6.95. The predicted octanol–water partition coefficient (Wildman–Crippen LogP) is 1.58. The number of rotatable bonds is 11. The number of nitrogens with two attached hydrogens (primary N) is 1. The number of nitrogens with one attached hydrogen (secondary N) is 1. The molecule has 3 fully saturated rings. The number of fused-ring (bicyclic) bond motifs is 1. The summed E-state index contributed by atoms with van der Waals surface area (Å²) in [4.78, 5) is 65.3. The van der Waals surface area contributed by atoms with E-state index in [4.69, 9.17) is 15.5 Å². The highest BCUT2D eigenvalue weighted by atomic mass is 16.6. The van der Waals surface area contributed by atoms with E-state index in [2.05, 4.69) is 15.2 Å². The first-order chi connectivity index (χ1) is 20.7. The van der Waals surface area contributed by atoms with Gasteiger partial charge in [-0.25, -0.2) is 14.8 Å². The number of nitrogens with zero attached hydrogens (tertiary/aromatic N) is 5. The summed E-state index contributed by atoms with van der Waals surface area (Å²) in [5.74, 6) is -0.276. The Labute approximate surface area is 250 Å². The number of piperazine rings is 1. The minimum absolute atomic E-state index is 0.0847. The van der Waals surface area contributed by atoms with Gasteiger partial charge < -0.3 is 35.6 Å². The van der Waals surface area contributed by atoms with Crippen molar-refractivity contribution in [2.24, 2.45) is 17.6 Å². The second-order valence-electron chi connectivity index (χ2n) is 11.3. The van der Waals surface area contributed by atoms with Gasteiger partial charge in [0.05, 0.1) is 6.61 Å². The minimum Gasteiger partial charge on any atom is -0.481 e. The Bertz CT molecular complexity index is 1320. The van der Waals surface area contributed by atoms with Gasteiger partial charge in [-0.3, -0.25) is 14.4 Å². The zero-order valence-electron chi connectivity index (χ0n) is 24.4. The predicted molar refractivity (Wildman–Crippen MR) is 157 cm³/mol. The highest BCUT2D eigenvalue weighted by molar-refractivity contribution is 5.97. The molecule has 0 spiro atoms. The molecule has 0 bridgehead atoms. The van der Waals surface area contributed by atoms with Crippen LogP contribution in [0.1, 0.15) is 43.1 Å². The zero-order chi connectivity index (χ0) is 30.5. The van der Waals surface area contributed by atoms with Crippen molar-refractivity contribution >= 4 is 29.7 Å². The molecule has 1 aliphatic carbocycles. The van der Waals surface area contributed by atoms with E-state index in [1.54, 1.807) is 15.9 Å². The summed E-state index contributed by atoms with van der Waals surface area (Å²) in [7, 11) is 0. The molecule has 4 N–H and O–H groups in total. The molecule has 3 aliphatic rings. The zero-order valence-corrected chi connectivity index (χ0v) is 24.4. The second-order valence-corrected chi connectivity index (χ2v) is 11.3. The van der Waals surface area contributed by atoms with Gasteiger partial charge in [-0.05, 0) is 24.7 Å². The molecule has 1 saturated carbocycles. The molecule has 2 saturated heterocycles. The maximum absolute atomic E-state index is 13.6. The summed E-state index contributed by atoms with van der Waals surface area (Å²) in [5, 5.41) is 12.1. The topological polar surface area (TPSA) is 171 Å². The van der Waals surface area contributed by atoms with E-state index >= 15 is 0 Å². The standard InChI is InChI=1S/C30H39N7O6/c1-2-3-15-43-30(42)36-13-11-35(12-14-36)29(41)22(9-10-25(38)39)33-28(40)23-16-24(37-17-20-21(18-37)26(20)31)34-27(32-23)19-7-5-4-6-8-19/h4-8,16,20-22,26H,2-3,9-15,17-18,31H2,1H3,(H,33,40)(H,38,39)/t20-,21?,22+,26?/m1/s1. The number of aliphatic carboxylic acids is 1. The molecule has 1 aromatic carbocycles. The lowest BCUT2D eigenvalue weighted by atomic mass is 10.1. The normalized spacial score (nSPS) is 21.6. The molecule has 5 rings (SSSR count). The van der Waals surface area contributed by atoms with Crippen LogP contribution in [0, 0.1) is 11.8 Å². The van der Waals surface area contributed by atoms with Gasteiger partial charge in [-0.15, -0.1) is 0 Å². The highest BCUT2D eigenvalue weighted by Gasteiger charge is 2.54. The summed E-state index contributed by atoms with van der Waals surface area (Å²) in [6.45, 7) is 4.91. The van der Waals surface area contributed by atoms with Crippen LogP contribution in [-0.2, 0) is 14.3 Å². The number of carboxylic acid groups (broad SMARTS) is 1. The smallest absolute Gasteiger partial charge is 0.409 e. The van der Waals surface area contributed by atoms with Crippen LogP contribution >= 0.6 is 0 Å². The molecule has 43 heavy (non-hydrogen) atoms. The van der Waals surface area contributed by atoms with E-state index in [-0.39, 0.29) is 50.8 Å². The summed E-state index contributed by atoms with van der Waals surface area (Å²) >= 11 is 0. The van der Waals surface area contributed by atoms with Crippen molar-refractivity contribution in [1.82, 2.24) is 25.1 Å². The van der Waals surface area contributed by atoms with E-state index in [0.717, 1.165) is 31.5 Å². The van der Waals surface area contributed by atoms with Crippen molar-refractivity contribution in [3.63, 3.8) is 0 Å². The SMILES string of the molecule is CCCCOC(=O)N1CCN(C(=O)[C@H](CCC(=O)O)NC(=O)c2cc(N3CC4C(N)[C@@H]4C3)nc(-c3ccccc3)n2)CC1. The fourth-order valence-electron chi connectivity index (χ4n) is 5.67. The molecule has 2 aromatic rings. The van der Waals surface area contributed by atoms with Crippen LogP contribution in [0.4, 0.5) is 10.6 Å². The lowest BCUT2D eigenvalue weighted by molar-refractivity contribution is -0.138. The Morgan fingerprint density at radius 3 is 2.37 bits per heavy atom. The Morgan fingerprint density at radius 2 is 1.72 bits per heavy atom. The molecule has 13 nitrogen and oxygen atoms in total. The lowest BCUT2D eigenvalue weighted by Gasteiger charge is -2.36. The maximum atomic E-state index is 13.6. The van der Waals surface area contributed by atoms with Crippen molar-refractivity contribution in [2.45, 2.75) is 44.7 Å². The van der Waals surface area contributed by atoms with Gasteiger partial charge in [0.2, 0.25) is 5.91 Å². The first-order valence-corrected chi connectivity index (χ1v) is 14.9. The molecule has 0 radical (unpaired) electrons. The Hall–Kier alpha value is -4.26. The van der Waals surface area contributed by atoms with Gasteiger partial charge in [0.15, 0.2) is 5.82 Å². The molecule has 1 aromatic heterocycles. The van der Waals surface area contributed by atoms with Crippen molar-refractivity contribution in [2.75, 3.05) is 50.8 Å². The third kappa shape index (κ3) is 7.22. The Balaban J connectivity index is 1.30.